The Morgan fingerprint density at radius 2 is 1.74 bits per heavy atom. The van der Waals surface area contributed by atoms with Gasteiger partial charge in [-0.15, -0.1) is 0 Å². The second-order valence-corrected chi connectivity index (χ2v) is 6.34. The molecule has 1 amide bonds. The molecule has 0 N–H and O–H groups in total. The first-order valence-electron chi connectivity index (χ1n) is 8.41. The second kappa shape index (κ2) is 6.13. The quantitative estimate of drug-likeness (QED) is 0.874. The monoisotopic (exact) mass is 307 g/mol. The molecule has 1 atom stereocenters. The molecule has 2 aromatic rings. The van der Waals surface area contributed by atoms with Gasteiger partial charge in [0.15, 0.2) is 0 Å². The lowest BCUT2D eigenvalue weighted by Gasteiger charge is -2.35. The molecule has 118 valence electrons. The molecule has 1 saturated heterocycles. The van der Waals surface area contributed by atoms with E-state index in [1.807, 2.05) is 29.3 Å². The van der Waals surface area contributed by atoms with E-state index >= 15 is 0 Å². The Morgan fingerprint density at radius 1 is 1.00 bits per heavy atom. The molecule has 0 spiro atoms. The summed E-state index contributed by atoms with van der Waals surface area (Å²) in [5.74, 6) is 0.125. The van der Waals surface area contributed by atoms with Gasteiger partial charge in [0.2, 0.25) is 5.91 Å². The lowest BCUT2D eigenvalue weighted by Crippen LogP contribution is -2.48. The number of para-hydroxylation sites is 1. The van der Waals surface area contributed by atoms with Gasteiger partial charge in [-0.1, -0.05) is 24.6 Å². The molecule has 0 bridgehead atoms. The van der Waals surface area contributed by atoms with Crippen LogP contribution in [0.4, 0.5) is 5.69 Å². The highest BCUT2D eigenvalue weighted by Gasteiger charge is 2.40. The Hall–Kier alpha value is -2.20. The van der Waals surface area contributed by atoms with E-state index in [-0.39, 0.29) is 11.8 Å². The maximum absolute atomic E-state index is 13.1. The number of hydrogen-bond donors (Lipinski definition) is 0. The number of benzene rings is 1. The third kappa shape index (κ3) is 2.63. The summed E-state index contributed by atoms with van der Waals surface area (Å²) in [6.07, 6.45) is 7.93. The highest BCUT2D eigenvalue weighted by Crippen LogP contribution is 2.40. The van der Waals surface area contributed by atoms with Crippen LogP contribution in [-0.2, 0) is 11.2 Å². The number of rotatable bonds is 3. The lowest BCUT2D eigenvalue weighted by atomic mass is 9.94. The first-order valence-corrected chi connectivity index (χ1v) is 8.41. The van der Waals surface area contributed by atoms with E-state index in [1.165, 1.54) is 19.3 Å². The molecule has 0 saturated carbocycles. The molecular weight excluding hydrogens is 286 g/mol. The van der Waals surface area contributed by atoms with E-state index in [4.69, 9.17) is 0 Å². The SMILES string of the molecule is O=C1C(Cc2ccncc2)c2ccccc2N1N1CCCCC1. The number of fused-ring (bicyclic) bond motifs is 1. The van der Waals surface area contributed by atoms with Gasteiger partial charge >= 0.3 is 0 Å². The Morgan fingerprint density at radius 3 is 2.52 bits per heavy atom. The fourth-order valence-corrected chi connectivity index (χ4v) is 3.70. The molecule has 4 nitrogen and oxygen atoms in total. The molecule has 0 radical (unpaired) electrons. The van der Waals surface area contributed by atoms with Crippen LogP contribution in [0.2, 0.25) is 0 Å². The summed E-state index contributed by atoms with van der Waals surface area (Å²) < 4.78 is 0. The molecule has 1 aromatic carbocycles. The average molecular weight is 307 g/mol. The van der Waals surface area contributed by atoms with Gasteiger partial charge in [-0.3, -0.25) is 9.78 Å². The number of hydrogen-bond acceptors (Lipinski definition) is 3. The minimum Gasteiger partial charge on any atom is -0.272 e. The van der Waals surface area contributed by atoms with Crippen LogP contribution in [0.5, 0.6) is 0 Å². The number of carbonyl (C=O) groups is 1. The predicted octanol–water partition coefficient (Wildman–Crippen LogP) is 3.16. The molecule has 2 aliphatic heterocycles. The molecule has 1 aromatic heterocycles. The number of carbonyl (C=O) groups excluding carboxylic acids is 1. The average Bonchev–Trinajstić information content (AvgIpc) is 2.89. The zero-order valence-electron chi connectivity index (χ0n) is 13.2. The zero-order valence-corrected chi connectivity index (χ0v) is 13.2. The summed E-state index contributed by atoms with van der Waals surface area (Å²) >= 11 is 0. The maximum atomic E-state index is 13.1. The van der Waals surface area contributed by atoms with E-state index in [1.54, 1.807) is 12.4 Å². The smallest absolute Gasteiger partial charge is 0.249 e. The summed E-state index contributed by atoms with van der Waals surface area (Å²) in [6, 6.07) is 12.2. The number of nitrogens with zero attached hydrogens (tertiary/aromatic N) is 3. The normalized spacial score (nSPS) is 21.5. The molecule has 1 unspecified atom stereocenters. The standard InChI is InChI=1S/C19H21N3O/c23-19-17(14-15-8-10-20-11-9-15)16-6-2-3-7-18(16)22(19)21-12-4-1-5-13-21/h2-3,6-11,17H,1,4-5,12-14H2. The van der Waals surface area contributed by atoms with Crippen LogP contribution in [0.15, 0.2) is 48.8 Å². The topological polar surface area (TPSA) is 36.4 Å². The van der Waals surface area contributed by atoms with E-state index in [9.17, 15) is 4.79 Å². The van der Waals surface area contributed by atoms with Crippen LogP contribution in [-0.4, -0.2) is 29.0 Å². The lowest BCUT2D eigenvalue weighted by molar-refractivity contribution is -0.122. The Labute approximate surface area is 136 Å². The summed E-state index contributed by atoms with van der Waals surface area (Å²) in [6.45, 7) is 1.95. The van der Waals surface area contributed by atoms with Crippen LogP contribution in [0.3, 0.4) is 0 Å². The molecule has 0 aliphatic carbocycles. The number of pyridine rings is 1. The summed E-state index contributed by atoms with van der Waals surface area (Å²) in [7, 11) is 0. The summed E-state index contributed by atoms with van der Waals surface area (Å²) in [4.78, 5) is 17.2. The Balaban J connectivity index is 1.67. The van der Waals surface area contributed by atoms with Crippen LogP contribution in [0, 0.1) is 0 Å². The van der Waals surface area contributed by atoms with Crippen molar-refractivity contribution in [2.75, 3.05) is 18.1 Å². The summed E-state index contributed by atoms with van der Waals surface area (Å²) in [5.41, 5.74) is 3.38. The van der Waals surface area contributed by atoms with Crippen molar-refractivity contribution in [1.29, 1.82) is 0 Å². The van der Waals surface area contributed by atoms with Crippen molar-refractivity contribution in [3.05, 3.63) is 59.9 Å². The number of amides is 1. The molecule has 2 aliphatic rings. The predicted molar refractivity (Wildman–Crippen MR) is 90.0 cm³/mol. The highest BCUT2D eigenvalue weighted by molar-refractivity contribution is 6.04. The molecular formula is C19H21N3O. The van der Waals surface area contributed by atoms with Gasteiger partial charge in [-0.25, -0.2) is 10.0 Å². The number of anilines is 1. The minimum absolute atomic E-state index is 0.0875. The zero-order chi connectivity index (χ0) is 15.6. The van der Waals surface area contributed by atoms with E-state index < -0.39 is 0 Å². The van der Waals surface area contributed by atoms with Gasteiger partial charge in [0.25, 0.3) is 0 Å². The molecule has 4 heteroatoms. The van der Waals surface area contributed by atoms with Gasteiger partial charge in [0.05, 0.1) is 11.6 Å². The third-order valence-electron chi connectivity index (χ3n) is 4.85. The highest BCUT2D eigenvalue weighted by atomic mass is 16.2. The fourth-order valence-electron chi connectivity index (χ4n) is 3.70. The molecule has 1 fully saturated rings. The Bertz CT molecular complexity index is 695. The third-order valence-corrected chi connectivity index (χ3v) is 4.85. The van der Waals surface area contributed by atoms with Gasteiger partial charge in [0, 0.05) is 25.5 Å². The van der Waals surface area contributed by atoms with Crippen molar-refractivity contribution in [2.24, 2.45) is 0 Å². The largest absolute Gasteiger partial charge is 0.272 e. The summed E-state index contributed by atoms with van der Waals surface area (Å²) in [5, 5.41) is 4.18. The van der Waals surface area contributed by atoms with Crippen molar-refractivity contribution in [1.82, 2.24) is 9.99 Å². The first-order chi connectivity index (χ1) is 11.3. The van der Waals surface area contributed by atoms with Crippen molar-refractivity contribution < 1.29 is 4.79 Å². The maximum Gasteiger partial charge on any atom is 0.249 e. The van der Waals surface area contributed by atoms with Crippen LogP contribution in [0.25, 0.3) is 0 Å². The van der Waals surface area contributed by atoms with E-state index in [2.05, 4.69) is 22.1 Å². The van der Waals surface area contributed by atoms with Gasteiger partial charge in [0.1, 0.15) is 0 Å². The van der Waals surface area contributed by atoms with Crippen LogP contribution >= 0.6 is 0 Å². The van der Waals surface area contributed by atoms with E-state index in [0.717, 1.165) is 36.3 Å². The number of hydrazine groups is 1. The van der Waals surface area contributed by atoms with E-state index in [0.29, 0.717) is 0 Å². The number of aromatic nitrogens is 1. The van der Waals surface area contributed by atoms with Gasteiger partial charge in [-0.2, -0.15) is 0 Å². The van der Waals surface area contributed by atoms with Crippen molar-refractivity contribution >= 4 is 11.6 Å². The van der Waals surface area contributed by atoms with Crippen molar-refractivity contribution in [2.45, 2.75) is 31.6 Å². The van der Waals surface area contributed by atoms with Crippen LogP contribution in [0.1, 0.15) is 36.3 Å². The van der Waals surface area contributed by atoms with Crippen molar-refractivity contribution in [3.8, 4) is 0 Å². The molecule has 23 heavy (non-hydrogen) atoms. The van der Waals surface area contributed by atoms with Gasteiger partial charge in [-0.05, 0) is 48.6 Å². The second-order valence-electron chi connectivity index (χ2n) is 6.34. The minimum atomic E-state index is -0.0875. The van der Waals surface area contributed by atoms with Crippen molar-refractivity contribution in [3.63, 3.8) is 0 Å². The van der Waals surface area contributed by atoms with Crippen LogP contribution < -0.4 is 5.01 Å². The number of piperidine rings is 1. The molecule has 4 rings (SSSR count). The fraction of sp³-hybridized carbons (Fsp3) is 0.368. The first kappa shape index (κ1) is 14.4. The van der Waals surface area contributed by atoms with Gasteiger partial charge < -0.3 is 0 Å². The Kier molecular flexibility index (Phi) is 3.83. The molecule has 3 heterocycles.